The molecule has 3 N–H and O–H groups in total. The summed E-state index contributed by atoms with van der Waals surface area (Å²) in [5, 5.41) is 3.89. The summed E-state index contributed by atoms with van der Waals surface area (Å²) in [4.78, 5) is 10.7. The summed E-state index contributed by atoms with van der Waals surface area (Å²) in [7, 11) is 0. The zero-order valence-electron chi connectivity index (χ0n) is 5.42. The SMILES string of the molecule is CC1CCN(N)C(=O)N1. The predicted molar refractivity (Wildman–Crippen MR) is 33.5 cm³/mol. The molecule has 52 valence electrons. The molecule has 1 aliphatic heterocycles. The third kappa shape index (κ3) is 1.32. The van der Waals surface area contributed by atoms with Gasteiger partial charge in [-0.1, -0.05) is 0 Å². The van der Waals surface area contributed by atoms with E-state index in [0.29, 0.717) is 6.54 Å². The van der Waals surface area contributed by atoms with Gasteiger partial charge in [0.15, 0.2) is 0 Å². The van der Waals surface area contributed by atoms with Crippen LogP contribution in [0.1, 0.15) is 13.3 Å². The Labute approximate surface area is 54.0 Å². The molecule has 1 fully saturated rings. The molecule has 0 aromatic heterocycles. The standard InChI is InChI=1S/C5H11N3O/c1-4-2-3-8(6)5(9)7-4/h4H,2-3,6H2,1H3,(H,7,9). The summed E-state index contributed by atoms with van der Waals surface area (Å²) >= 11 is 0. The molecule has 0 aromatic carbocycles. The van der Waals surface area contributed by atoms with Gasteiger partial charge in [0.25, 0.3) is 0 Å². The summed E-state index contributed by atoms with van der Waals surface area (Å²) < 4.78 is 0. The highest BCUT2D eigenvalue weighted by atomic mass is 16.2. The van der Waals surface area contributed by atoms with Crippen LogP contribution in [0.3, 0.4) is 0 Å². The lowest BCUT2D eigenvalue weighted by atomic mass is 10.2. The summed E-state index contributed by atoms with van der Waals surface area (Å²) in [6, 6.07) is 0.103. The van der Waals surface area contributed by atoms with Crippen LogP contribution in [-0.4, -0.2) is 23.6 Å². The third-order valence-electron chi connectivity index (χ3n) is 1.43. The Hall–Kier alpha value is -0.770. The van der Waals surface area contributed by atoms with Crippen molar-refractivity contribution in [2.45, 2.75) is 19.4 Å². The van der Waals surface area contributed by atoms with Crippen molar-refractivity contribution < 1.29 is 4.79 Å². The van der Waals surface area contributed by atoms with Gasteiger partial charge in [-0.15, -0.1) is 0 Å². The normalized spacial score (nSPS) is 28.0. The fourth-order valence-electron chi connectivity index (χ4n) is 0.800. The van der Waals surface area contributed by atoms with E-state index in [1.165, 1.54) is 5.01 Å². The maximum atomic E-state index is 10.7. The molecule has 1 unspecified atom stereocenters. The quantitative estimate of drug-likeness (QED) is 0.347. The fraction of sp³-hybridized carbons (Fsp3) is 0.800. The first-order valence-corrected chi connectivity index (χ1v) is 3.03. The number of hydrazine groups is 1. The van der Waals surface area contributed by atoms with Gasteiger partial charge >= 0.3 is 6.03 Å². The van der Waals surface area contributed by atoms with E-state index in [4.69, 9.17) is 5.84 Å². The zero-order valence-corrected chi connectivity index (χ0v) is 5.42. The Morgan fingerprint density at radius 2 is 2.56 bits per heavy atom. The Bertz CT molecular complexity index is 125. The molecule has 0 saturated carbocycles. The molecule has 1 aliphatic rings. The van der Waals surface area contributed by atoms with Gasteiger partial charge in [-0.3, -0.25) is 5.01 Å². The van der Waals surface area contributed by atoms with Crippen LogP contribution in [-0.2, 0) is 0 Å². The van der Waals surface area contributed by atoms with Crippen molar-refractivity contribution >= 4 is 6.03 Å². The van der Waals surface area contributed by atoms with Crippen LogP contribution in [0.25, 0.3) is 0 Å². The summed E-state index contributed by atoms with van der Waals surface area (Å²) in [6.07, 6.45) is 0.933. The number of carbonyl (C=O) groups is 1. The number of nitrogens with two attached hydrogens (primary N) is 1. The molecule has 2 amide bonds. The Morgan fingerprint density at radius 1 is 1.89 bits per heavy atom. The van der Waals surface area contributed by atoms with Gasteiger partial charge in [0.2, 0.25) is 0 Å². The zero-order chi connectivity index (χ0) is 6.85. The van der Waals surface area contributed by atoms with E-state index in [2.05, 4.69) is 5.32 Å². The molecule has 1 heterocycles. The van der Waals surface area contributed by atoms with E-state index < -0.39 is 0 Å². The number of hydrogen-bond acceptors (Lipinski definition) is 2. The summed E-state index contributed by atoms with van der Waals surface area (Å²) in [6.45, 7) is 2.62. The first kappa shape index (κ1) is 6.35. The van der Waals surface area contributed by atoms with Crippen LogP contribution in [0.2, 0.25) is 0 Å². The van der Waals surface area contributed by atoms with Crippen molar-refractivity contribution in [1.29, 1.82) is 0 Å². The van der Waals surface area contributed by atoms with Gasteiger partial charge < -0.3 is 5.32 Å². The van der Waals surface area contributed by atoms with Gasteiger partial charge in [0, 0.05) is 12.6 Å². The van der Waals surface area contributed by atoms with Crippen LogP contribution in [0.4, 0.5) is 4.79 Å². The summed E-state index contributed by atoms with van der Waals surface area (Å²) in [5.41, 5.74) is 0. The molecule has 9 heavy (non-hydrogen) atoms. The highest BCUT2D eigenvalue weighted by Crippen LogP contribution is 1.99. The van der Waals surface area contributed by atoms with E-state index in [-0.39, 0.29) is 12.1 Å². The number of urea groups is 1. The number of rotatable bonds is 0. The lowest BCUT2D eigenvalue weighted by molar-refractivity contribution is 0.178. The highest BCUT2D eigenvalue weighted by Gasteiger charge is 2.18. The van der Waals surface area contributed by atoms with E-state index >= 15 is 0 Å². The van der Waals surface area contributed by atoms with E-state index in [1.807, 2.05) is 6.92 Å². The molecule has 1 rings (SSSR count). The maximum Gasteiger partial charge on any atom is 0.331 e. The highest BCUT2D eigenvalue weighted by molar-refractivity contribution is 5.74. The van der Waals surface area contributed by atoms with Crippen LogP contribution in [0, 0.1) is 0 Å². The van der Waals surface area contributed by atoms with Crippen molar-refractivity contribution in [3.8, 4) is 0 Å². The largest absolute Gasteiger partial charge is 0.334 e. The molecule has 1 atom stereocenters. The fourth-order valence-corrected chi connectivity index (χ4v) is 0.800. The molecule has 1 saturated heterocycles. The number of nitrogens with zero attached hydrogens (tertiary/aromatic N) is 1. The van der Waals surface area contributed by atoms with Gasteiger partial charge in [-0.05, 0) is 13.3 Å². The monoisotopic (exact) mass is 129 g/mol. The average Bonchev–Trinajstić information content (AvgIpc) is 1.80. The van der Waals surface area contributed by atoms with Crippen molar-refractivity contribution in [3.63, 3.8) is 0 Å². The summed E-state index contributed by atoms with van der Waals surface area (Å²) in [5.74, 6) is 5.26. The van der Waals surface area contributed by atoms with E-state index in [1.54, 1.807) is 0 Å². The van der Waals surface area contributed by atoms with Gasteiger partial charge in [-0.2, -0.15) is 0 Å². The lowest BCUT2D eigenvalue weighted by Gasteiger charge is -2.27. The Balaban J connectivity index is 2.44. The van der Waals surface area contributed by atoms with E-state index in [9.17, 15) is 4.79 Å². The average molecular weight is 129 g/mol. The second-order valence-electron chi connectivity index (χ2n) is 2.33. The first-order chi connectivity index (χ1) is 4.20. The van der Waals surface area contributed by atoms with Crippen molar-refractivity contribution in [2.24, 2.45) is 5.84 Å². The molecule has 0 bridgehead atoms. The third-order valence-corrected chi connectivity index (χ3v) is 1.43. The first-order valence-electron chi connectivity index (χ1n) is 3.03. The van der Waals surface area contributed by atoms with Gasteiger partial charge in [-0.25, -0.2) is 10.6 Å². The van der Waals surface area contributed by atoms with Crippen LogP contribution >= 0.6 is 0 Å². The van der Waals surface area contributed by atoms with E-state index in [0.717, 1.165) is 6.42 Å². The second-order valence-corrected chi connectivity index (χ2v) is 2.33. The molecule has 0 aliphatic carbocycles. The number of hydrogen-bond donors (Lipinski definition) is 2. The lowest BCUT2D eigenvalue weighted by Crippen LogP contribution is -2.53. The minimum atomic E-state index is -0.172. The second kappa shape index (κ2) is 2.23. The molecule has 0 aromatic rings. The van der Waals surface area contributed by atoms with Gasteiger partial charge in [0.05, 0.1) is 0 Å². The van der Waals surface area contributed by atoms with Crippen molar-refractivity contribution in [1.82, 2.24) is 10.3 Å². The molecule has 4 nitrogen and oxygen atoms in total. The minimum Gasteiger partial charge on any atom is -0.334 e. The minimum absolute atomic E-state index is 0.172. The molecular weight excluding hydrogens is 118 g/mol. The number of carbonyl (C=O) groups excluding carboxylic acids is 1. The van der Waals surface area contributed by atoms with Crippen molar-refractivity contribution in [3.05, 3.63) is 0 Å². The predicted octanol–water partition coefficient (Wildman–Crippen LogP) is -0.336. The topological polar surface area (TPSA) is 58.4 Å². The smallest absolute Gasteiger partial charge is 0.331 e. The Morgan fingerprint density at radius 3 is 3.00 bits per heavy atom. The van der Waals surface area contributed by atoms with Crippen LogP contribution < -0.4 is 11.2 Å². The van der Waals surface area contributed by atoms with Crippen LogP contribution in [0.5, 0.6) is 0 Å². The maximum absolute atomic E-state index is 10.7. The molecule has 0 radical (unpaired) electrons. The number of nitrogens with one attached hydrogen (secondary N) is 1. The Kier molecular flexibility index (Phi) is 1.57. The van der Waals surface area contributed by atoms with Crippen LogP contribution in [0.15, 0.2) is 0 Å². The molecule has 0 spiro atoms. The van der Waals surface area contributed by atoms with Crippen molar-refractivity contribution in [2.75, 3.05) is 6.54 Å². The number of amides is 2. The molecular formula is C5H11N3O. The molecule has 4 heteroatoms. The van der Waals surface area contributed by atoms with Gasteiger partial charge in [0.1, 0.15) is 0 Å².